The van der Waals surface area contributed by atoms with Crippen LogP contribution in [0.3, 0.4) is 0 Å². The molecule has 0 aliphatic carbocycles. The number of piperazine rings is 1. The SMILES string of the molecule is CC(C(=O)c1ccccc1)N1CCN(c2cccc(C(F)(F)F)c2)CC1. The van der Waals surface area contributed by atoms with Crippen molar-refractivity contribution in [2.24, 2.45) is 0 Å². The lowest BCUT2D eigenvalue weighted by atomic mass is 10.0. The van der Waals surface area contributed by atoms with Crippen LogP contribution >= 0.6 is 0 Å². The van der Waals surface area contributed by atoms with Crippen molar-refractivity contribution in [3.05, 3.63) is 65.7 Å². The van der Waals surface area contributed by atoms with Gasteiger partial charge < -0.3 is 4.90 Å². The Hall–Kier alpha value is -2.34. The van der Waals surface area contributed by atoms with Crippen molar-refractivity contribution < 1.29 is 18.0 Å². The van der Waals surface area contributed by atoms with E-state index in [1.165, 1.54) is 12.1 Å². The minimum atomic E-state index is -4.34. The number of rotatable bonds is 4. The van der Waals surface area contributed by atoms with Gasteiger partial charge in [0.15, 0.2) is 5.78 Å². The number of carbonyl (C=O) groups excluding carboxylic acids is 1. The quantitative estimate of drug-likeness (QED) is 0.765. The third-order valence-electron chi connectivity index (χ3n) is 4.84. The van der Waals surface area contributed by atoms with E-state index in [1.807, 2.05) is 30.0 Å². The number of benzene rings is 2. The normalized spacial score (nSPS) is 17.2. The molecule has 1 unspecified atom stereocenters. The van der Waals surface area contributed by atoms with Crippen molar-refractivity contribution in [3.8, 4) is 0 Å². The van der Waals surface area contributed by atoms with Gasteiger partial charge in [0.25, 0.3) is 0 Å². The first-order chi connectivity index (χ1) is 12.4. The van der Waals surface area contributed by atoms with Crippen molar-refractivity contribution >= 4 is 11.5 Å². The summed E-state index contributed by atoms with van der Waals surface area (Å²) < 4.78 is 38.7. The molecule has 2 aromatic rings. The van der Waals surface area contributed by atoms with Crippen molar-refractivity contribution in [2.75, 3.05) is 31.1 Å². The maximum absolute atomic E-state index is 12.9. The summed E-state index contributed by atoms with van der Waals surface area (Å²) in [5, 5.41) is 0. The summed E-state index contributed by atoms with van der Waals surface area (Å²) in [6.07, 6.45) is -4.34. The zero-order valence-electron chi connectivity index (χ0n) is 14.5. The molecule has 1 fully saturated rings. The summed E-state index contributed by atoms with van der Waals surface area (Å²) in [5.41, 5.74) is 0.617. The Kier molecular flexibility index (Phi) is 5.32. The van der Waals surface area contributed by atoms with Crippen molar-refractivity contribution in [3.63, 3.8) is 0 Å². The Morgan fingerprint density at radius 3 is 2.23 bits per heavy atom. The van der Waals surface area contributed by atoms with Gasteiger partial charge in [0.2, 0.25) is 0 Å². The van der Waals surface area contributed by atoms with Gasteiger partial charge in [-0.3, -0.25) is 9.69 Å². The molecule has 3 rings (SSSR count). The number of anilines is 1. The van der Waals surface area contributed by atoms with Gasteiger partial charge in [-0.2, -0.15) is 13.2 Å². The highest BCUT2D eigenvalue weighted by Crippen LogP contribution is 2.32. The molecule has 1 aliphatic rings. The second-order valence-electron chi connectivity index (χ2n) is 6.48. The summed E-state index contributed by atoms with van der Waals surface area (Å²) in [7, 11) is 0. The van der Waals surface area contributed by atoms with Crippen molar-refractivity contribution in [1.82, 2.24) is 4.90 Å². The molecule has 0 amide bonds. The summed E-state index contributed by atoms with van der Waals surface area (Å²) in [5.74, 6) is 0.0677. The van der Waals surface area contributed by atoms with E-state index >= 15 is 0 Å². The van der Waals surface area contributed by atoms with Crippen LogP contribution in [-0.2, 0) is 6.18 Å². The molecule has 26 heavy (non-hydrogen) atoms. The fourth-order valence-corrected chi connectivity index (χ4v) is 3.26. The molecular formula is C20H21F3N2O. The second kappa shape index (κ2) is 7.50. The van der Waals surface area contributed by atoms with E-state index in [4.69, 9.17) is 0 Å². The Bertz CT molecular complexity index is 753. The lowest BCUT2D eigenvalue weighted by Crippen LogP contribution is -2.51. The lowest BCUT2D eigenvalue weighted by molar-refractivity contribution is -0.137. The van der Waals surface area contributed by atoms with Crippen LogP contribution in [0.1, 0.15) is 22.8 Å². The average Bonchev–Trinajstić information content (AvgIpc) is 2.67. The molecule has 0 saturated carbocycles. The minimum Gasteiger partial charge on any atom is -0.369 e. The number of carbonyl (C=O) groups is 1. The molecule has 3 nitrogen and oxygen atoms in total. The van der Waals surface area contributed by atoms with Gasteiger partial charge in [-0.05, 0) is 25.1 Å². The number of alkyl halides is 3. The van der Waals surface area contributed by atoms with E-state index < -0.39 is 11.7 Å². The smallest absolute Gasteiger partial charge is 0.369 e. The Morgan fingerprint density at radius 1 is 0.962 bits per heavy atom. The van der Waals surface area contributed by atoms with Gasteiger partial charge in [0, 0.05) is 37.4 Å². The third-order valence-corrected chi connectivity index (χ3v) is 4.84. The predicted molar refractivity (Wildman–Crippen MR) is 95.5 cm³/mol. The Balaban J connectivity index is 1.63. The van der Waals surface area contributed by atoms with Crippen LogP contribution in [0.15, 0.2) is 54.6 Å². The van der Waals surface area contributed by atoms with Crippen molar-refractivity contribution in [2.45, 2.75) is 19.1 Å². The van der Waals surface area contributed by atoms with Crippen LogP contribution in [0.4, 0.5) is 18.9 Å². The maximum Gasteiger partial charge on any atom is 0.416 e. The van der Waals surface area contributed by atoms with E-state index in [1.54, 1.807) is 18.2 Å². The summed E-state index contributed by atoms with van der Waals surface area (Å²) in [6, 6.07) is 14.3. The molecule has 0 spiro atoms. The molecule has 1 atom stereocenters. The van der Waals surface area contributed by atoms with E-state index in [0.29, 0.717) is 37.4 Å². The molecule has 0 bridgehead atoms. The third kappa shape index (κ3) is 4.07. The van der Waals surface area contributed by atoms with Gasteiger partial charge in [0.05, 0.1) is 11.6 Å². The fraction of sp³-hybridized carbons (Fsp3) is 0.350. The highest BCUT2D eigenvalue weighted by atomic mass is 19.4. The standard InChI is InChI=1S/C20H21F3N2O/c1-15(19(26)16-6-3-2-4-7-16)24-10-12-25(13-11-24)18-9-5-8-17(14-18)20(21,22)23/h2-9,14-15H,10-13H2,1H3. The monoisotopic (exact) mass is 362 g/mol. The Morgan fingerprint density at radius 2 is 1.62 bits per heavy atom. The molecule has 0 radical (unpaired) electrons. The topological polar surface area (TPSA) is 23.6 Å². The number of ketones is 1. The number of nitrogens with zero attached hydrogens (tertiary/aromatic N) is 2. The van der Waals surface area contributed by atoms with Gasteiger partial charge in [0.1, 0.15) is 0 Å². The van der Waals surface area contributed by atoms with Gasteiger partial charge in [-0.1, -0.05) is 36.4 Å². The van der Waals surface area contributed by atoms with E-state index in [2.05, 4.69) is 4.90 Å². The van der Waals surface area contributed by atoms with E-state index in [9.17, 15) is 18.0 Å². The van der Waals surface area contributed by atoms with Crippen LogP contribution in [0, 0.1) is 0 Å². The first-order valence-electron chi connectivity index (χ1n) is 8.62. The predicted octanol–water partition coefficient (Wildman–Crippen LogP) is 4.10. The number of Topliss-reactive ketones (excluding diaryl/α,β-unsaturated/α-hetero) is 1. The van der Waals surface area contributed by atoms with Crippen LogP contribution in [0.25, 0.3) is 0 Å². The van der Waals surface area contributed by atoms with Gasteiger partial charge >= 0.3 is 6.18 Å². The number of halogens is 3. The number of hydrogen-bond acceptors (Lipinski definition) is 3. The minimum absolute atomic E-state index is 0.0677. The number of hydrogen-bond donors (Lipinski definition) is 0. The van der Waals surface area contributed by atoms with Gasteiger partial charge in [-0.25, -0.2) is 0 Å². The summed E-state index contributed by atoms with van der Waals surface area (Å²) >= 11 is 0. The van der Waals surface area contributed by atoms with E-state index in [-0.39, 0.29) is 11.8 Å². The molecule has 138 valence electrons. The molecular weight excluding hydrogens is 341 g/mol. The Labute approximate surface area is 151 Å². The molecule has 2 aromatic carbocycles. The van der Waals surface area contributed by atoms with Gasteiger partial charge in [-0.15, -0.1) is 0 Å². The van der Waals surface area contributed by atoms with Crippen LogP contribution in [-0.4, -0.2) is 42.9 Å². The van der Waals surface area contributed by atoms with E-state index in [0.717, 1.165) is 6.07 Å². The highest BCUT2D eigenvalue weighted by Gasteiger charge is 2.31. The molecule has 1 heterocycles. The van der Waals surface area contributed by atoms with Crippen LogP contribution in [0.2, 0.25) is 0 Å². The first kappa shape index (κ1) is 18.5. The zero-order valence-corrected chi connectivity index (χ0v) is 14.5. The maximum atomic E-state index is 12.9. The molecule has 1 saturated heterocycles. The average molecular weight is 362 g/mol. The zero-order chi connectivity index (χ0) is 18.7. The largest absolute Gasteiger partial charge is 0.416 e. The van der Waals surface area contributed by atoms with Crippen LogP contribution < -0.4 is 4.90 Å². The summed E-state index contributed by atoms with van der Waals surface area (Å²) in [4.78, 5) is 16.6. The molecule has 6 heteroatoms. The molecule has 0 N–H and O–H groups in total. The first-order valence-corrected chi connectivity index (χ1v) is 8.62. The fourth-order valence-electron chi connectivity index (χ4n) is 3.26. The molecule has 1 aliphatic heterocycles. The molecule has 0 aromatic heterocycles. The highest BCUT2D eigenvalue weighted by molar-refractivity contribution is 5.99. The summed E-state index contributed by atoms with van der Waals surface area (Å²) in [6.45, 7) is 4.34. The second-order valence-corrected chi connectivity index (χ2v) is 6.48. The van der Waals surface area contributed by atoms with Crippen molar-refractivity contribution in [1.29, 1.82) is 0 Å². The lowest BCUT2D eigenvalue weighted by Gasteiger charge is -2.38. The van der Waals surface area contributed by atoms with Crippen LogP contribution in [0.5, 0.6) is 0 Å².